The quantitative estimate of drug-likeness (QED) is 0.643. The van der Waals surface area contributed by atoms with Gasteiger partial charge >= 0.3 is 0 Å². The maximum Gasteiger partial charge on any atom is 0.186 e. The highest BCUT2D eigenvalue weighted by Gasteiger charge is 2.38. The Morgan fingerprint density at radius 2 is 1.85 bits per heavy atom. The summed E-state index contributed by atoms with van der Waals surface area (Å²) >= 11 is 1.56. The van der Waals surface area contributed by atoms with E-state index in [1.807, 2.05) is 0 Å². The molecule has 2 aliphatic heterocycles. The molecule has 0 aromatic carbocycles. The Labute approximate surface area is 84.1 Å². The Morgan fingerprint density at radius 1 is 1.31 bits per heavy atom. The van der Waals surface area contributed by atoms with E-state index in [9.17, 15) is 4.79 Å². The number of nitrogens with zero attached hydrogens (tertiary/aromatic N) is 1. The van der Waals surface area contributed by atoms with E-state index in [2.05, 4.69) is 11.9 Å². The van der Waals surface area contributed by atoms with Gasteiger partial charge in [0.1, 0.15) is 0 Å². The molecule has 2 rings (SSSR count). The van der Waals surface area contributed by atoms with E-state index in [0.717, 1.165) is 12.1 Å². The first-order valence-electron chi connectivity index (χ1n) is 5.06. The lowest BCUT2D eigenvalue weighted by atomic mass is 10.0. The van der Waals surface area contributed by atoms with Crippen LogP contribution in [0.3, 0.4) is 0 Å². The van der Waals surface area contributed by atoms with Crippen LogP contribution in [-0.2, 0) is 4.79 Å². The molecule has 1 unspecified atom stereocenters. The number of hydrogen-bond donors (Lipinski definition) is 0. The van der Waals surface area contributed by atoms with E-state index >= 15 is 0 Å². The summed E-state index contributed by atoms with van der Waals surface area (Å²) in [5, 5.41) is 0.889. The lowest BCUT2D eigenvalue weighted by Crippen LogP contribution is -2.41. The van der Waals surface area contributed by atoms with Crippen LogP contribution < -0.4 is 0 Å². The van der Waals surface area contributed by atoms with Crippen LogP contribution in [0.4, 0.5) is 0 Å². The monoisotopic (exact) mass is 199 g/mol. The first kappa shape index (κ1) is 9.53. The predicted octanol–water partition coefficient (Wildman–Crippen LogP) is 1.89. The van der Waals surface area contributed by atoms with Crippen molar-refractivity contribution in [1.82, 2.24) is 4.90 Å². The molecule has 2 saturated heterocycles. The molecule has 0 aromatic rings. The Hall–Kier alpha value is -0.0200. The lowest BCUT2D eigenvalue weighted by Gasteiger charge is -2.35. The molecule has 0 spiro atoms. The summed E-state index contributed by atoms with van der Waals surface area (Å²) in [5.74, 6) is 0. The normalized spacial score (nSPS) is 39.4. The molecule has 0 N–H and O–H groups in total. The summed E-state index contributed by atoms with van der Waals surface area (Å²) in [6.45, 7) is 1.69. The van der Waals surface area contributed by atoms with Crippen LogP contribution in [-0.4, -0.2) is 34.4 Å². The van der Waals surface area contributed by atoms with Gasteiger partial charge in [0.25, 0.3) is 0 Å². The molecule has 2 fully saturated rings. The van der Waals surface area contributed by atoms with Crippen LogP contribution in [0.25, 0.3) is 0 Å². The fourth-order valence-corrected chi connectivity index (χ4v) is 3.80. The van der Waals surface area contributed by atoms with Crippen LogP contribution in [0, 0.1) is 0 Å². The van der Waals surface area contributed by atoms with Gasteiger partial charge in [-0.15, -0.1) is 0 Å². The molecule has 2 heterocycles. The standard InChI is InChI=1S/C10H17NOS/c1-7(12)13-10-5-8-3-4-9(6-10)11(8)2/h8-10H,3-6H2,1-2H3/t8-,9+,10?. The van der Waals surface area contributed by atoms with Gasteiger partial charge in [-0.1, -0.05) is 11.8 Å². The van der Waals surface area contributed by atoms with Crippen LogP contribution in [0.5, 0.6) is 0 Å². The molecule has 74 valence electrons. The average Bonchev–Trinajstić information content (AvgIpc) is 2.33. The average molecular weight is 199 g/mol. The molecule has 2 nitrogen and oxygen atoms in total. The topological polar surface area (TPSA) is 20.3 Å². The molecule has 2 bridgehead atoms. The zero-order chi connectivity index (χ0) is 9.42. The highest BCUT2D eigenvalue weighted by molar-refractivity contribution is 8.14. The molecule has 0 radical (unpaired) electrons. The molecule has 0 amide bonds. The first-order chi connectivity index (χ1) is 6.16. The van der Waals surface area contributed by atoms with Crippen molar-refractivity contribution >= 4 is 16.9 Å². The summed E-state index contributed by atoms with van der Waals surface area (Å²) < 4.78 is 0. The zero-order valence-corrected chi connectivity index (χ0v) is 9.14. The van der Waals surface area contributed by atoms with Crippen molar-refractivity contribution in [3.63, 3.8) is 0 Å². The molecule has 0 saturated carbocycles. The third-order valence-electron chi connectivity index (χ3n) is 3.39. The molecule has 0 aliphatic carbocycles. The SMILES string of the molecule is CC(=O)SC1C[C@H]2CC[C@@H](C1)N2C. The largest absolute Gasteiger partial charge is 0.300 e. The third-order valence-corrected chi connectivity index (χ3v) is 4.44. The number of carbonyl (C=O) groups is 1. The minimum atomic E-state index is 0.286. The van der Waals surface area contributed by atoms with Crippen molar-refractivity contribution in [1.29, 1.82) is 0 Å². The van der Waals surface area contributed by atoms with E-state index in [1.165, 1.54) is 25.7 Å². The number of fused-ring (bicyclic) bond motifs is 2. The second-order valence-corrected chi connectivity index (χ2v) is 5.73. The maximum absolute atomic E-state index is 11.0. The van der Waals surface area contributed by atoms with Gasteiger partial charge in [0.2, 0.25) is 0 Å². The van der Waals surface area contributed by atoms with Gasteiger partial charge in [0.05, 0.1) is 0 Å². The number of thioether (sulfide) groups is 1. The van der Waals surface area contributed by atoms with Gasteiger partial charge in [0, 0.05) is 24.3 Å². The Bertz CT molecular complexity index is 205. The Kier molecular flexibility index (Phi) is 2.65. The second kappa shape index (κ2) is 3.62. The Morgan fingerprint density at radius 3 is 2.31 bits per heavy atom. The van der Waals surface area contributed by atoms with Gasteiger partial charge in [-0.2, -0.15) is 0 Å². The molecular formula is C10H17NOS. The summed E-state index contributed by atoms with van der Waals surface area (Å²) in [7, 11) is 2.23. The van der Waals surface area contributed by atoms with E-state index in [-0.39, 0.29) is 5.12 Å². The van der Waals surface area contributed by atoms with Crippen molar-refractivity contribution in [2.24, 2.45) is 0 Å². The molecular weight excluding hydrogens is 182 g/mol. The molecule has 0 aromatic heterocycles. The van der Waals surface area contributed by atoms with Crippen molar-refractivity contribution in [3.05, 3.63) is 0 Å². The highest BCUT2D eigenvalue weighted by atomic mass is 32.2. The molecule has 13 heavy (non-hydrogen) atoms. The van der Waals surface area contributed by atoms with Gasteiger partial charge in [-0.05, 0) is 32.7 Å². The van der Waals surface area contributed by atoms with Crippen molar-refractivity contribution in [3.8, 4) is 0 Å². The number of carbonyl (C=O) groups excluding carboxylic acids is 1. The predicted molar refractivity (Wildman–Crippen MR) is 55.9 cm³/mol. The maximum atomic E-state index is 11.0. The van der Waals surface area contributed by atoms with Crippen LogP contribution in [0.1, 0.15) is 32.6 Å². The fraction of sp³-hybridized carbons (Fsp3) is 0.900. The van der Waals surface area contributed by atoms with E-state index < -0.39 is 0 Å². The van der Waals surface area contributed by atoms with Gasteiger partial charge in [0.15, 0.2) is 5.12 Å². The van der Waals surface area contributed by atoms with Gasteiger partial charge < -0.3 is 4.90 Å². The van der Waals surface area contributed by atoms with E-state index in [1.54, 1.807) is 18.7 Å². The van der Waals surface area contributed by atoms with Crippen LogP contribution >= 0.6 is 11.8 Å². The van der Waals surface area contributed by atoms with Crippen molar-refractivity contribution in [2.45, 2.75) is 49.9 Å². The Balaban J connectivity index is 1.95. The highest BCUT2D eigenvalue weighted by Crippen LogP contribution is 2.39. The molecule has 3 atom stereocenters. The zero-order valence-electron chi connectivity index (χ0n) is 8.32. The first-order valence-corrected chi connectivity index (χ1v) is 5.94. The fourth-order valence-electron chi connectivity index (χ4n) is 2.69. The lowest BCUT2D eigenvalue weighted by molar-refractivity contribution is -0.109. The van der Waals surface area contributed by atoms with E-state index in [0.29, 0.717) is 5.25 Å². The van der Waals surface area contributed by atoms with Crippen LogP contribution in [0.15, 0.2) is 0 Å². The smallest absolute Gasteiger partial charge is 0.186 e. The summed E-state index contributed by atoms with van der Waals surface area (Å²) in [5.41, 5.74) is 0. The van der Waals surface area contributed by atoms with Crippen molar-refractivity contribution in [2.75, 3.05) is 7.05 Å². The minimum Gasteiger partial charge on any atom is -0.300 e. The van der Waals surface area contributed by atoms with E-state index in [4.69, 9.17) is 0 Å². The third kappa shape index (κ3) is 1.91. The van der Waals surface area contributed by atoms with Gasteiger partial charge in [-0.3, -0.25) is 4.79 Å². The number of rotatable bonds is 1. The summed E-state index contributed by atoms with van der Waals surface area (Å²) in [6, 6.07) is 1.52. The van der Waals surface area contributed by atoms with Gasteiger partial charge in [-0.25, -0.2) is 0 Å². The van der Waals surface area contributed by atoms with Crippen LogP contribution in [0.2, 0.25) is 0 Å². The summed E-state index contributed by atoms with van der Waals surface area (Å²) in [4.78, 5) is 13.5. The minimum absolute atomic E-state index is 0.286. The molecule has 3 heteroatoms. The van der Waals surface area contributed by atoms with Crippen molar-refractivity contribution < 1.29 is 4.79 Å². The number of piperidine rings is 1. The summed E-state index contributed by atoms with van der Waals surface area (Å²) in [6.07, 6.45) is 5.13. The molecule has 2 aliphatic rings. The number of hydrogen-bond acceptors (Lipinski definition) is 3. The second-order valence-electron chi connectivity index (χ2n) is 4.25.